The third kappa shape index (κ3) is 6.96. The largest absolute Gasteiger partial charge is 0.477 e. The van der Waals surface area contributed by atoms with Gasteiger partial charge in [0.25, 0.3) is 0 Å². The first-order valence-corrected chi connectivity index (χ1v) is 12.0. The van der Waals surface area contributed by atoms with E-state index >= 15 is 0 Å². The summed E-state index contributed by atoms with van der Waals surface area (Å²) >= 11 is 1.34. The van der Waals surface area contributed by atoms with Gasteiger partial charge >= 0.3 is 5.97 Å². The van der Waals surface area contributed by atoms with Gasteiger partial charge in [0.05, 0.1) is 0 Å². The normalized spacial score (nSPS) is 11.5. The predicted octanol–water partition coefficient (Wildman–Crippen LogP) is 8.03. The number of hydrogen-bond acceptors (Lipinski definition) is 3. The number of aliphatic carboxylic acids is 1. The summed E-state index contributed by atoms with van der Waals surface area (Å²) in [5.74, 6) is -1.26. The molecule has 3 aromatic carbocycles. The highest BCUT2D eigenvalue weighted by atomic mass is 32.2. The topological polar surface area (TPSA) is 61.1 Å². The van der Waals surface area contributed by atoms with Gasteiger partial charge in [0.15, 0.2) is 0 Å². The molecule has 0 radical (unpaired) electrons. The summed E-state index contributed by atoms with van der Waals surface area (Å²) < 4.78 is 0. The fourth-order valence-electron chi connectivity index (χ4n) is 3.47. The summed E-state index contributed by atoms with van der Waals surface area (Å²) in [5.41, 5.74) is 7.63. The van der Waals surface area contributed by atoms with Crippen LogP contribution >= 0.6 is 11.8 Å². The van der Waals surface area contributed by atoms with Crippen LogP contribution in [0.3, 0.4) is 0 Å². The molecular weight excluding hydrogens is 450 g/mol. The quantitative estimate of drug-likeness (QED) is 0.154. The Kier molecular flexibility index (Phi) is 8.67. The number of allylic oxidation sites excluding steroid dienone is 2. The van der Waals surface area contributed by atoms with Crippen molar-refractivity contribution < 1.29 is 9.90 Å². The average Bonchev–Trinajstić information content (AvgIpc) is 2.86. The van der Waals surface area contributed by atoms with Gasteiger partial charge < -0.3 is 5.11 Å². The van der Waals surface area contributed by atoms with Crippen molar-refractivity contribution in [2.75, 3.05) is 0 Å². The van der Waals surface area contributed by atoms with E-state index in [9.17, 15) is 4.79 Å². The van der Waals surface area contributed by atoms with E-state index in [1.54, 1.807) is 6.07 Å². The highest BCUT2D eigenvalue weighted by Crippen LogP contribution is 2.34. The lowest BCUT2D eigenvalue weighted by Crippen LogP contribution is -1.97. The minimum Gasteiger partial charge on any atom is -0.477 e. The molecule has 0 aliphatic heterocycles. The molecule has 35 heavy (non-hydrogen) atoms. The Hall–Kier alpha value is -4.07. The maximum Gasteiger partial charge on any atom is 0.346 e. The summed E-state index contributed by atoms with van der Waals surface area (Å²) in [4.78, 5) is 12.5. The number of carboxylic acids is 1. The number of carbonyl (C=O) groups is 1. The van der Waals surface area contributed by atoms with Crippen molar-refractivity contribution in [2.45, 2.75) is 20.8 Å². The van der Waals surface area contributed by atoms with Crippen molar-refractivity contribution in [3.8, 4) is 6.07 Å². The molecule has 0 aliphatic rings. The summed E-state index contributed by atoms with van der Waals surface area (Å²) in [7, 11) is 0. The minimum absolute atomic E-state index is 0.335. The molecule has 0 fully saturated rings. The Morgan fingerprint density at radius 3 is 1.80 bits per heavy atom. The van der Waals surface area contributed by atoms with Crippen LogP contribution in [0.1, 0.15) is 40.3 Å². The van der Waals surface area contributed by atoms with Gasteiger partial charge in [0, 0.05) is 9.81 Å². The van der Waals surface area contributed by atoms with E-state index in [1.807, 2.05) is 25.1 Å². The van der Waals surface area contributed by atoms with Crippen LogP contribution in [-0.2, 0) is 4.79 Å². The van der Waals surface area contributed by atoms with Crippen LogP contribution in [0.25, 0.3) is 16.6 Å². The molecule has 174 valence electrons. The molecule has 4 heteroatoms. The Balaban J connectivity index is 1.91. The fraction of sp³-hybridized carbons (Fsp3) is 0.0968. The molecule has 3 nitrogen and oxygen atoms in total. The van der Waals surface area contributed by atoms with Crippen LogP contribution in [0.2, 0.25) is 0 Å². The lowest BCUT2D eigenvalue weighted by Gasteiger charge is -2.11. The number of aryl methyl sites for hydroxylation is 2. The Labute approximate surface area is 211 Å². The first-order chi connectivity index (χ1) is 16.8. The van der Waals surface area contributed by atoms with Crippen LogP contribution in [0.15, 0.2) is 102 Å². The van der Waals surface area contributed by atoms with Gasteiger partial charge in [-0.25, -0.2) is 4.79 Å². The number of rotatable bonds is 8. The van der Waals surface area contributed by atoms with Crippen LogP contribution in [-0.4, -0.2) is 11.1 Å². The van der Waals surface area contributed by atoms with Crippen LogP contribution in [0.5, 0.6) is 0 Å². The van der Waals surface area contributed by atoms with E-state index in [4.69, 9.17) is 10.4 Å². The van der Waals surface area contributed by atoms with E-state index < -0.39 is 5.97 Å². The molecule has 0 bridgehead atoms. The number of hydrogen-bond donors (Lipinski definition) is 1. The minimum atomic E-state index is -1.26. The van der Waals surface area contributed by atoms with E-state index in [1.165, 1.54) is 29.0 Å². The van der Waals surface area contributed by atoms with Crippen molar-refractivity contribution in [3.63, 3.8) is 0 Å². The lowest BCUT2D eigenvalue weighted by molar-refractivity contribution is -0.132. The maximum atomic E-state index is 11.1. The van der Waals surface area contributed by atoms with E-state index in [-0.39, 0.29) is 5.57 Å². The molecule has 0 saturated heterocycles. The van der Waals surface area contributed by atoms with E-state index in [0.717, 1.165) is 32.7 Å². The van der Waals surface area contributed by atoms with Gasteiger partial charge in [-0.05, 0) is 60.8 Å². The van der Waals surface area contributed by atoms with Crippen molar-refractivity contribution in [1.82, 2.24) is 0 Å². The molecule has 0 unspecified atom stereocenters. The van der Waals surface area contributed by atoms with Gasteiger partial charge in [0.2, 0.25) is 0 Å². The molecule has 0 atom stereocenters. The van der Waals surface area contributed by atoms with Crippen LogP contribution in [0, 0.1) is 25.2 Å². The smallest absolute Gasteiger partial charge is 0.346 e. The number of nitriles is 1. The molecule has 0 aromatic heterocycles. The first kappa shape index (κ1) is 25.6. The standard InChI is InChI=1S/C31H27NO2S/c1-5-30(35-23(4)18-28(20-32)31(33)34)27-16-10-24(11-17-27)19-29(25-12-6-21(2)7-13-25)26-14-8-22(3)9-15-26/h5-19H,4H2,1-3H3,(H,33,34)/b28-18-,30-5-. The fourth-order valence-corrected chi connectivity index (χ4v) is 4.30. The molecule has 0 spiro atoms. The SMILES string of the molecule is C=C(/C=C(/C#N)C(=O)O)S/C(=C\C)c1ccc(C=C(c2ccc(C)cc2)c2ccc(C)cc2)cc1. The predicted molar refractivity (Wildman–Crippen MR) is 147 cm³/mol. The third-order valence-electron chi connectivity index (χ3n) is 5.39. The molecule has 0 heterocycles. The third-order valence-corrected chi connectivity index (χ3v) is 6.46. The van der Waals surface area contributed by atoms with Gasteiger partial charge in [-0.1, -0.05) is 108 Å². The highest BCUT2D eigenvalue weighted by molar-refractivity contribution is 8.11. The zero-order chi connectivity index (χ0) is 25.4. The zero-order valence-electron chi connectivity index (χ0n) is 20.1. The average molecular weight is 478 g/mol. The summed E-state index contributed by atoms with van der Waals surface area (Å²) in [6.45, 7) is 9.99. The second-order valence-electron chi connectivity index (χ2n) is 8.11. The second kappa shape index (κ2) is 11.9. The molecule has 0 aliphatic carbocycles. The first-order valence-electron chi connectivity index (χ1n) is 11.1. The molecule has 3 aromatic rings. The maximum absolute atomic E-state index is 11.1. The van der Waals surface area contributed by atoms with Crippen LogP contribution in [0.4, 0.5) is 0 Å². The summed E-state index contributed by atoms with van der Waals surface area (Å²) in [5, 5.41) is 18.0. The monoisotopic (exact) mass is 477 g/mol. The van der Waals surface area contributed by atoms with Crippen molar-refractivity contribution in [3.05, 3.63) is 135 Å². The Morgan fingerprint density at radius 1 is 0.886 bits per heavy atom. The Bertz CT molecular complexity index is 1300. The van der Waals surface area contributed by atoms with Gasteiger partial charge in [-0.15, -0.1) is 0 Å². The van der Waals surface area contributed by atoms with Crippen molar-refractivity contribution in [1.29, 1.82) is 5.26 Å². The van der Waals surface area contributed by atoms with E-state index in [2.05, 4.69) is 87.2 Å². The Morgan fingerprint density at radius 2 is 1.37 bits per heavy atom. The number of thioether (sulfide) groups is 1. The van der Waals surface area contributed by atoms with E-state index in [0.29, 0.717) is 4.91 Å². The summed E-state index contributed by atoms with van der Waals surface area (Å²) in [6.07, 6.45) is 5.43. The van der Waals surface area contributed by atoms with Crippen molar-refractivity contribution in [2.24, 2.45) is 0 Å². The van der Waals surface area contributed by atoms with Crippen molar-refractivity contribution >= 4 is 34.3 Å². The zero-order valence-corrected chi connectivity index (χ0v) is 20.9. The van der Waals surface area contributed by atoms with Gasteiger partial charge in [-0.3, -0.25) is 0 Å². The number of nitrogens with zero attached hydrogens (tertiary/aromatic N) is 1. The number of benzene rings is 3. The molecule has 3 rings (SSSR count). The molecule has 0 amide bonds. The van der Waals surface area contributed by atoms with Gasteiger partial charge in [0.1, 0.15) is 11.6 Å². The van der Waals surface area contributed by atoms with Gasteiger partial charge in [-0.2, -0.15) is 5.26 Å². The number of carboxylic acid groups (broad SMARTS) is 1. The highest BCUT2D eigenvalue weighted by Gasteiger charge is 2.10. The molecule has 1 N–H and O–H groups in total. The lowest BCUT2D eigenvalue weighted by atomic mass is 9.94. The molecular formula is C31H27NO2S. The molecule has 0 saturated carbocycles. The summed E-state index contributed by atoms with van der Waals surface area (Å²) in [6, 6.07) is 27.0. The second-order valence-corrected chi connectivity index (χ2v) is 9.28. The van der Waals surface area contributed by atoms with Crippen LogP contribution < -0.4 is 0 Å².